The van der Waals surface area contributed by atoms with E-state index in [1.807, 2.05) is 34.9 Å². The van der Waals surface area contributed by atoms with Crippen LogP contribution in [-0.2, 0) is 32.5 Å². The average Bonchev–Trinajstić information content (AvgIpc) is 1.69. The van der Waals surface area contributed by atoms with Crippen LogP contribution in [0.1, 0.15) is 158 Å². The van der Waals surface area contributed by atoms with Crippen LogP contribution in [0.25, 0.3) is 103 Å². The van der Waals surface area contributed by atoms with Crippen LogP contribution in [0.15, 0.2) is 189 Å². The lowest BCUT2D eigenvalue weighted by molar-refractivity contribution is 0.590. The summed E-state index contributed by atoms with van der Waals surface area (Å²) in [6.07, 6.45) is 0. The molecule has 0 unspecified atom stereocenters. The predicted molar refractivity (Wildman–Crippen MR) is 400 cm³/mol. The number of fused-ring (bicyclic) bond motifs is 17. The van der Waals surface area contributed by atoms with Crippen molar-refractivity contribution in [1.29, 1.82) is 0 Å². The van der Waals surface area contributed by atoms with E-state index in [0.29, 0.717) is 0 Å². The van der Waals surface area contributed by atoms with E-state index in [-0.39, 0.29) is 39.2 Å². The SMILES string of the molecule is CC(C)(C)c1ccc2c(c1)c1cc(C(C)(C)C)ccc1n2-c1ccc2c(c1)Sc1cc(-n3c4ccc(C(C)(C)C)cc4c4cc(C(C)(C)C)ccc43)cc3c1B2c1c(cc(-n2c4ccc(C(C)(C)C)cc4c4cc(C(C)(C)C)ccc42)c2c1sc1ccccc12)S3. The maximum absolute atomic E-state index is 2.64. The van der Waals surface area contributed by atoms with E-state index in [1.54, 1.807) is 0 Å². The summed E-state index contributed by atoms with van der Waals surface area (Å²) in [5.74, 6) is 0. The van der Waals surface area contributed by atoms with Gasteiger partial charge in [0, 0.05) is 83.4 Å². The van der Waals surface area contributed by atoms with E-state index in [0.717, 1.165) is 0 Å². The molecule has 0 radical (unpaired) electrons. The van der Waals surface area contributed by atoms with Crippen molar-refractivity contribution in [2.45, 2.75) is 177 Å². The standard InChI is InChI=1S/C84H82BN3S3/c1-79(2,3)47-23-31-63-56(37-47)57-38-48(80(4,5)6)24-32-64(57)86(63)53-29-30-62-71(43-53)89-72-44-54(87-65-33-25-49(81(7,8)9)39-58(65)59-40-50(82(10,11)12)26-34-66(59)87)45-73-76(72)85(62)77-74(90-73)46-69(75-55-21-19-20-22-70(55)91-78(75)77)88-67-35-27-51(83(13,14)15)41-60(67)61-42-52(84(16,17)18)28-36-68(61)88/h19-46H,1-18H3. The Hall–Kier alpha value is -7.42. The fraction of sp³-hybridized carbons (Fsp3) is 0.286. The maximum Gasteiger partial charge on any atom is 0.248 e. The summed E-state index contributed by atoms with van der Waals surface area (Å²) in [5, 5.41) is 10.5. The van der Waals surface area contributed by atoms with Crippen molar-refractivity contribution < 1.29 is 0 Å². The second-order valence-electron chi connectivity index (χ2n) is 32.7. The molecule has 0 saturated carbocycles. The lowest BCUT2D eigenvalue weighted by Gasteiger charge is -2.34. The molecule has 0 saturated heterocycles. The van der Waals surface area contributed by atoms with E-state index in [1.165, 1.54) is 172 Å². The Morgan fingerprint density at radius 2 is 0.637 bits per heavy atom. The minimum Gasteiger partial charge on any atom is -0.309 e. The van der Waals surface area contributed by atoms with Gasteiger partial charge in [0.15, 0.2) is 0 Å². The third-order valence-corrected chi connectivity index (χ3v) is 23.7. The van der Waals surface area contributed by atoms with Crippen LogP contribution in [0.4, 0.5) is 0 Å². The van der Waals surface area contributed by atoms with Gasteiger partial charge >= 0.3 is 0 Å². The molecule has 7 heteroatoms. The van der Waals surface area contributed by atoms with Crippen LogP contribution >= 0.6 is 34.9 Å². The molecule has 91 heavy (non-hydrogen) atoms. The van der Waals surface area contributed by atoms with E-state index >= 15 is 0 Å². The molecular weight excluding hydrogens is 1160 g/mol. The number of aromatic nitrogens is 3. The molecule has 0 aliphatic carbocycles. The molecule has 0 amide bonds. The van der Waals surface area contributed by atoms with Crippen LogP contribution < -0.4 is 16.4 Å². The maximum atomic E-state index is 2.64. The Morgan fingerprint density at radius 1 is 0.297 bits per heavy atom. The number of nitrogens with zero attached hydrogens (tertiary/aromatic N) is 3. The van der Waals surface area contributed by atoms with E-state index in [9.17, 15) is 0 Å². The van der Waals surface area contributed by atoms with Crippen LogP contribution in [0, 0.1) is 0 Å². The van der Waals surface area contributed by atoms with E-state index < -0.39 is 0 Å². The van der Waals surface area contributed by atoms with Gasteiger partial charge < -0.3 is 13.7 Å². The Balaban J connectivity index is 0.991. The van der Waals surface area contributed by atoms with Gasteiger partial charge in [0.2, 0.25) is 6.71 Å². The normalized spacial score (nSPS) is 14.2. The first kappa shape index (κ1) is 58.7. The first-order valence-electron chi connectivity index (χ1n) is 32.8. The third-order valence-electron chi connectivity index (χ3n) is 20.3. The van der Waals surface area contributed by atoms with Crippen molar-refractivity contribution in [1.82, 2.24) is 13.7 Å². The minimum absolute atomic E-state index is 0.00518. The van der Waals surface area contributed by atoms with Gasteiger partial charge in [0.25, 0.3) is 0 Å². The molecule has 0 N–H and O–H groups in total. The molecular formula is C84H82BN3S3. The molecule has 0 fully saturated rings. The van der Waals surface area contributed by atoms with Crippen LogP contribution in [0.2, 0.25) is 0 Å². The Morgan fingerprint density at radius 3 is 1.03 bits per heavy atom. The van der Waals surface area contributed by atoms with Gasteiger partial charge in [-0.15, -0.1) is 11.3 Å². The Bertz CT molecular complexity index is 5250. The summed E-state index contributed by atoms with van der Waals surface area (Å²) >= 11 is 5.95. The molecule has 2 aliphatic rings. The molecule has 454 valence electrons. The van der Waals surface area contributed by atoms with Crippen molar-refractivity contribution in [3.05, 3.63) is 203 Å². The van der Waals surface area contributed by atoms with Crippen molar-refractivity contribution in [3.8, 4) is 17.1 Å². The van der Waals surface area contributed by atoms with Gasteiger partial charge in [-0.25, -0.2) is 0 Å². The predicted octanol–water partition coefficient (Wildman–Crippen LogP) is 22.6. The highest BCUT2D eigenvalue weighted by Crippen LogP contribution is 2.50. The summed E-state index contributed by atoms with van der Waals surface area (Å²) in [6, 6.07) is 68.0. The van der Waals surface area contributed by atoms with Crippen molar-refractivity contribution >= 4 is 144 Å². The number of hydrogen-bond donors (Lipinski definition) is 0. The number of rotatable bonds is 3. The first-order chi connectivity index (χ1) is 42.9. The Labute approximate surface area is 550 Å². The Kier molecular flexibility index (Phi) is 12.6. The summed E-state index contributed by atoms with van der Waals surface area (Å²) in [4.78, 5) is 5.28. The fourth-order valence-electron chi connectivity index (χ4n) is 14.9. The highest BCUT2D eigenvalue weighted by Gasteiger charge is 2.42. The largest absolute Gasteiger partial charge is 0.309 e. The van der Waals surface area contributed by atoms with Gasteiger partial charge in [0.1, 0.15) is 0 Å². The molecule has 2 aliphatic heterocycles. The molecule has 3 nitrogen and oxygen atoms in total. The molecule has 14 aromatic rings. The lowest BCUT2D eigenvalue weighted by Crippen LogP contribution is -2.58. The van der Waals surface area contributed by atoms with Gasteiger partial charge in [-0.1, -0.05) is 214 Å². The molecule has 10 aromatic carbocycles. The number of benzene rings is 10. The zero-order chi connectivity index (χ0) is 63.7. The van der Waals surface area contributed by atoms with Crippen molar-refractivity contribution in [2.24, 2.45) is 0 Å². The summed E-state index contributed by atoms with van der Waals surface area (Å²) in [5.41, 5.74) is 23.4. The molecule has 0 atom stereocenters. The van der Waals surface area contributed by atoms with Crippen molar-refractivity contribution in [3.63, 3.8) is 0 Å². The van der Waals surface area contributed by atoms with Crippen LogP contribution in [0.5, 0.6) is 0 Å². The average molecular weight is 1240 g/mol. The zero-order valence-electron chi connectivity index (χ0n) is 56.3. The summed E-state index contributed by atoms with van der Waals surface area (Å²) in [7, 11) is 0. The highest BCUT2D eigenvalue weighted by molar-refractivity contribution is 8.01. The third kappa shape index (κ3) is 9.11. The second kappa shape index (κ2) is 19.6. The lowest BCUT2D eigenvalue weighted by atomic mass is 9.36. The first-order valence-corrected chi connectivity index (χ1v) is 35.3. The minimum atomic E-state index is -0.0178. The molecule has 4 aromatic heterocycles. The monoisotopic (exact) mass is 1240 g/mol. The van der Waals surface area contributed by atoms with Gasteiger partial charge in [0.05, 0.1) is 38.8 Å². The fourth-order valence-corrected chi connectivity index (χ4v) is 18.9. The number of hydrogen-bond acceptors (Lipinski definition) is 3. The molecule has 0 spiro atoms. The highest BCUT2D eigenvalue weighted by atomic mass is 32.2. The molecule has 16 rings (SSSR count). The van der Waals surface area contributed by atoms with Gasteiger partial charge in [-0.05, 0) is 186 Å². The smallest absolute Gasteiger partial charge is 0.248 e. The number of thiophene rings is 1. The van der Waals surface area contributed by atoms with E-state index in [2.05, 4.69) is 308 Å². The molecule has 0 bridgehead atoms. The summed E-state index contributed by atoms with van der Waals surface area (Å²) in [6.45, 7) is 42.1. The van der Waals surface area contributed by atoms with Gasteiger partial charge in [-0.3, -0.25) is 0 Å². The van der Waals surface area contributed by atoms with Crippen LogP contribution in [0.3, 0.4) is 0 Å². The topological polar surface area (TPSA) is 14.8 Å². The van der Waals surface area contributed by atoms with Crippen LogP contribution in [-0.4, -0.2) is 20.4 Å². The zero-order valence-corrected chi connectivity index (χ0v) is 58.8. The second-order valence-corrected chi connectivity index (χ2v) is 35.9. The van der Waals surface area contributed by atoms with Gasteiger partial charge in [-0.2, -0.15) is 0 Å². The van der Waals surface area contributed by atoms with E-state index in [4.69, 9.17) is 0 Å². The molecule has 6 heterocycles. The van der Waals surface area contributed by atoms with Crippen molar-refractivity contribution in [2.75, 3.05) is 0 Å². The quantitative estimate of drug-likeness (QED) is 0.164. The summed E-state index contributed by atoms with van der Waals surface area (Å²) < 4.78 is 10.5.